The van der Waals surface area contributed by atoms with Crippen LogP contribution < -0.4 is 10.6 Å². The normalized spacial score (nSPS) is 15.7. The quantitative estimate of drug-likeness (QED) is 0.812. The molecule has 0 aliphatic carbocycles. The SMILES string of the molecule is CCCNC(=O)N1CCN(S(=O)(=O)c2ccc(NC(C)=O)cc2)CC1. The summed E-state index contributed by atoms with van der Waals surface area (Å²) in [7, 11) is -3.61. The van der Waals surface area contributed by atoms with Crippen molar-refractivity contribution in [1.29, 1.82) is 0 Å². The smallest absolute Gasteiger partial charge is 0.317 e. The second kappa shape index (κ2) is 8.30. The van der Waals surface area contributed by atoms with Crippen LogP contribution in [0.5, 0.6) is 0 Å². The number of carbonyl (C=O) groups excluding carboxylic acids is 2. The van der Waals surface area contributed by atoms with E-state index in [1.54, 1.807) is 17.0 Å². The zero-order valence-electron chi connectivity index (χ0n) is 14.5. The Balaban J connectivity index is 1.99. The van der Waals surface area contributed by atoms with Gasteiger partial charge >= 0.3 is 6.03 Å². The van der Waals surface area contributed by atoms with E-state index in [0.29, 0.717) is 25.3 Å². The maximum Gasteiger partial charge on any atom is 0.317 e. The number of carbonyl (C=O) groups is 2. The van der Waals surface area contributed by atoms with Gasteiger partial charge in [0.2, 0.25) is 15.9 Å². The summed E-state index contributed by atoms with van der Waals surface area (Å²) in [4.78, 5) is 24.7. The summed E-state index contributed by atoms with van der Waals surface area (Å²) in [6.45, 7) is 5.21. The first-order valence-corrected chi connectivity index (χ1v) is 9.69. The topological polar surface area (TPSA) is 98.8 Å². The van der Waals surface area contributed by atoms with Crippen LogP contribution >= 0.6 is 0 Å². The summed E-state index contributed by atoms with van der Waals surface area (Å²) in [5.41, 5.74) is 0.545. The Labute approximate surface area is 148 Å². The van der Waals surface area contributed by atoms with Crippen LogP contribution in [0.2, 0.25) is 0 Å². The molecule has 3 amide bonds. The first kappa shape index (κ1) is 19.2. The standard InChI is InChI=1S/C16H24N4O4S/c1-3-8-17-16(22)19-9-11-20(12-10-19)25(23,24)15-6-4-14(5-7-15)18-13(2)21/h4-7H,3,8-12H2,1-2H3,(H,17,22)(H,18,21). The molecule has 8 nitrogen and oxygen atoms in total. The highest BCUT2D eigenvalue weighted by atomic mass is 32.2. The molecule has 138 valence electrons. The number of benzene rings is 1. The molecule has 0 aromatic heterocycles. The molecule has 1 aromatic carbocycles. The van der Waals surface area contributed by atoms with Gasteiger partial charge < -0.3 is 15.5 Å². The third-order valence-corrected chi connectivity index (χ3v) is 5.78. The van der Waals surface area contributed by atoms with Gasteiger partial charge in [0, 0.05) is 45.3 Å². The van der Waals surface area contributed by atoms with Gasteiger partial charge in [0.25, 0.3) is 0 Å². The number of urea groups is 1. The minimum Gasteiger partial charge on any atom is -0.338 e. The van der Waals surface area contributed by atoms with Crippen molar-refractivity contribution in [2.45, 2.75) is 25.2 Å². The molecular weight excluding hydrogens is 344 g/mol. The second-order valence-electron chi connectivity index (χ2n) is 5.83. The number of anilines is 1. The van der Waals surface area contributed by atoms with Crippen molar-refractivity contribution in [3.63, 3.8) is 0 Å². The van der Waals surface area contributed by atoms with Gasteiger partial charge in [0.15, 0.2) is 0 Å². The van der Waals surface area contributed by atoms with Crippen LogP contribution in [0.1, 0.15) is 20.3 Å². The lowest BCUT2D eigenvalue weighted by Crippen LogP contribution is -2.53. The van der Waals surface area contributed by atoms with Crippen LogP contribution in [-0.4, -0.2) is 62.3 Å². The van der Waals surface area contributed by atoms with Gasteiger partial charge in [0.05, 0.1) is 4.90 Å². The van der Waals surface area contributed by atoms with Crippen LogP contribution in [0.4, 0.5) is 10.5 Å². The zero-order valence-corrected chi connectivity index (χ0v) is 15.3. The summed E-state index contributed by atoms with van der Waals surface area (Å²) in [6.07, 6.45) is 0.856. The van der Waals surface area contributed by atoms with Gasteiger partial charge in [-0.25, -0.2) is 13.2 Å². The van der Waals surface area contributed by atoms with E-state index in [2.05, 4.69) is 10.6 Å². The van der Waals surface area contributed by atoms with E-state index < -0.39 is 10.0 Å². The van der Waals surface area contributed by atoms with Crippen molar-refractivity contribution in [3.8, 4) is 0 Å². The lowest BCUT2D eigenvalue weighted by Gasteiger charge is -2.34. The number of nitrogens with zero attached hydrogens (tertiary/aromatic N) is 2. The fraction of sp³-hybridized carbons (Fsp3) is 0.500. The van der Waals surface area contributed by atoms with E-state index in [4.69, 9.17) is 0 Å². The lowest BCUT2D eigenvalue weighted by molar-refractivity contribution is -0.114. The number of hydrogen-bond donors (Lipinski definition) is 2. The van der Waals surface area contributed by atoms with Crippen LogP contribution in [0.15, 0.2) is 29.2 Å². The van der Waals surface area contributed by atoms with E-state index >= 15 is 0 Å². The van der Waals surface area contributed by atoms with E-state index in [0.717, 1.165) is 6.42 Å². The van der Waals surface area contributed by atoms with Crippen molar-refractivity contribution in [1.82, 2.24) is 14.5 Å². The molecule has 1 aromatic rings. The van der Waals surface area contributed by atoms with Crippen molar-refractivity contribution < 1.29 is 18.0 Å². The molecule has 0 spiro atoms. The molecule has 25 heavy (non-hydrogen) atoms. The minimum atomic E-state index is -3.61. The summed E-state index contributed by atoms with van der Waals surface area (Å²) in [6, 6.07) is 5.91. The minimum absolute atomic E-state index is 0.154. The number of piperazine rings is 1. The first-order chi connectivity index (χ1) is 11.8. The highest BCUT2D eigenvalue weighted by Crippen LogP contribution is 2.20. The number of sulfonamides is 1. The van der Waals surface area contributed by atoms with E-state index in [9.17, 15) is 18.0 Å². The number of hydrogen-bond acceptors (Lipinski definition) is 4. The molecule has 2 N–H and O–H groups in total. The van der Waals surface area contributed by atoms with Gasteiger partial charge in [-0.2, -0.15) is 4.31 Å². The summed E-state index contributed by atoms with van der Waals surface area (Å²) in [5, 5.41) is 5.39. The van der Waals surface area contributed by atoms with Crippen molar-refractivity contribution in [2.75, 3.05) is 38.0 Å². The monoisotopic (exact) mass is 368 g/mol. The first-order valence-electron chi connectivity index (χ1n) is 8.25. The molecule has 0 radical (unpaired) electrons. The van der Waals surface area contributed by atoms with Gasteiger partial charge in [-0.05, 0) is 30.7 Å². The molecule has 0 atom stereocenters. The Kier molecular flexibility index (Phi) is 6.38. The van der Waals surface area contributed by atoms with Crippen molar-refractivity contribution in [2.24, 2.45) is 0 Å². The van der Waals surface area contributed by atoms with Gasteiger partial charge in [-0.15, -0.1) is 0 Å². The van der Waals surface area contributed by atoms with E-state index in [1.165, 1.54) is 23.4 Å². The van der Waals surface area contributed by atoms with Gasteiger partial charge in [-0.3, -0.25) is 4.79 Å². The van der Waals surface area contributed by atoms with Crippen molar-refractivity contribution >= 4 is 27.6 Å². The van der Waals surface area contributed by atoms with Crippen LogP contribution in [0.3, 0.4) is 0 Å². The Morgan fingerprint density at radius 1 is 1.08 bits per heavy atom. The third-order valence-electron chi connectivity index (χ3n) is 3.86. The molecule has 0 unspecified atom stereocenters. The summed E-state index contributed by atoms with van der Waals surface area (Å²) in [5.74, 6) is -0.215. The summed E-state index contributed by atoms with van der Waals surface area (Å²) >= 11 is 0. The van der Waals surface area contributed by atoms with Gasteiger partial charge in [0.1, 0.15) is 0 Å². The van der Waals surface area contributed by atoms with E-state index in [1.807, 2.05) is 6.92 Å². The van der Waals surface area contributed by atoms with Crippen molar-refractivity contribution in [3.05, 3.63) is 24.3 Å². The highest BCUT2D eigenvalue weighted by Gasteiger charge is 2.29. The predicted molar refractivity (Wildman–Crippen MR) is 94.8 cm³/mol. The van der Waals surface area contributed by atoms with Gasteiger partial charge in [-0.1, -0.05) is 6.92 Å². The number of nitrogens with one attached hydrogen (secondary N) is 2. The number of amides is 3. The van der Waals surface area contributed by atoms with Crippen LogP contribution in [0, 0.1) is 0 Å². The number of rotatable bonds is 5. The molecule has 9 heteroatoms. The molecular formula is C16H24N4O4S. The average Bonchev–Trinajstić information content (AvgIpc) is 2.59. The molecule has 1 aliphatic heterocycles. The maximum absolute atomic E-state index is 12.7. The Bertz CT molecular complexity index is 710. The zero-order chi connectivity index (χ0) is 18.4. The molecule has 0 saturated carbocycles. The molecule has 1 heterocycles. The largest absolute Gasteiger partial charge is 0.338 e. The third kappa shape index (κ3) is 4.93. The molecule has 1 fully saturated rings. The Morgan fingerprint density at radius 3 is 2.20 bits per heavy atom. The predicted octanol–water partition coefficient (Wildman–Crippen LogP) is 1.07. The fourth-order valence-electron chi connectivity index (χ4n) is 2.54. The Morgan fingerprint density at radius 2 is 1.68 bits per heavy atom. The average molecular weight is 368 g/mol. The van der Waals surface area contributed by atoms with E-state index in [-0.39, 0.29) is 29.9 Å². The van der Waals surface area contributed by atoms with Crippen LogP contribution in [0.25, 0.3) is 0 Å². The second-order valence-corrected chi connectivity index (χ2v) is 7.77. The maximum atomic E-state index is 12.7. The lowest BCUT2D eigenvalue weighted by atomic mass is 10.3. The summed E-state index contributed by atoms with van der Waals surface area (Å²) < 4.78 is 26.8. The molecule has 1 saturated heterocycles. The molecule has 2 rings (SSSR count). The fourth-order valence-corrected chi connectivity index (χ4v) is 3.96. The highest BCUT2D eigenvalue weighted by molar-refractivity contribution is 7.89. The Hall–Kier alpha value is -2.13. The molecule has 1 aliphatic rings. The molecule has 0 bridgehead atoms. The van der Waals surface area contributed by atoms with Crippen LogP contribution in [-0.2, 0) is 14.8 Å².